The van der Waals surface area contributed by atoms with E-state index in [1.54, 1.807) is 6.07 Å². The molecule has 0 bridgehead atoms. The van der Waals surface area contributed by atoms with Crippen molar-refractivity contribution in [3.63, 3.8) is 0 Å². The van der Waals surface area contributed by atoms with Crippen molar-refractivity contribution in [2.24, 2.45) is 5.92 Å². The number of amides is 2. The van der Waals surface area contributed by atoms with Crippen LogP contribution in [0.4, 0.5) is 0 Å². The summed E-state index contributed by atoms with van der Waals surface area (Å²) in [6.07, 6.45) is 5.05. The minimum Gasteiger partial charge on any atom is -0.472 e. The Balaban J connectivity index is 1.37. The Hall–Kier alpha value is -2.60. The highest BCUT2D eigenvalue weighted by Gasteiger charge is 2.20. The van der Waals surface area contributed by atoms with Gasteiger partial charge in [-0.25, -0.2) is 0 Å². The standard InChI is InChI=1S/C20H25N3O3/c24-19(12-22-20(25)18-8-10-26-15-18)21-11-17-7-4-9-23(14-17)13-16-5-2-1-3-6-16/h1-3,5-6,8,10,15,17H,4,7,9,11-14H2,(H,21,24)(H,22,25). The molecule has 138 valence electrons. The zero-order chi connectivity index (χ0) is 18.2. The third-order valence-corrected chi connectivity index (χ3v) is 4.63. The molecule has 3 rings (SSSR count). The number of hydrogen-bond acceptors (Lipinski definition) is 4. The Morgan fingerprint density at radius 3 is 2.77 bits per heavy atom. The first-order chi connectivity index (χ1) is 12.7. The summed E-state index contributed by atoms with van der Waals surface area (Å²) in [6.45, 7) is 3.65. The second-order valence-corrected chi connectivity index (χ2v) is 6.73. The molecule has 0 aliphatic carbocycles. The fraction of sp³-hybridized carbons (Fsp3) is 0.400. The SMILES string of the molecule is O=C(CNC(=O)c1ccoc1)NCC1CCCN(Cc2ccccc2)C1. The fourth-order valence-electron chi connectivity index (χ4n) is 3.28. The van der Waals surface area contributed by atoms with E-state index in [2.05, 4.69) is 39.8 Å². The van der Waals surface area contributed by atoms with Crippen molar-refractivity contribution in [2.45, 2.75) is 19.4 Å². The second-order valence-electron chi connectivity index (χ2n) is 6.73. The number of carbonyl (C=O) groups is 2. The average Bonchev–Trinajstić information content (AvgIpc) is 3.20. The molecule has 1 fully saturated rings. The van der Waals surface area contributed by atoms with Crippen molar-refractivity contribution < 1.29 is 14.0 Å². The lowest BCUT2D eigenvalue weighted by atomic mass is 9.97. The molecule has 0 spiro atoms. The summed E-state index contributed by atoms with van der Waals surface area (Å²) in [4.78, 5) is 26.2. The van der Waals surface area contributed by atoms with Gasteiger partial charge in [0.25, 0.3) is 5.91 Å². The number of carbonyl (C=O) groups excluding carboxylic acids is 2. The molecule has 1 saturated heterocycles. The van der Waals surface area contributed by atoms with Crippen LogP contribution in [0.1, 0.15) is 28.8 Å². The predicted molar refractivity (Wildman–Crippen MR) is 98.5 cm³/mol. The van der Waals surface area contributed by atoms with Crippen molar-refractivity contribution in [1.29, 1.82) is 0 Å². The van der Waals surface area contributed by atoms with Gasteiger partial charge < -0.3 is 15.1 Å². The number of benzene rings is 1. The smallest absolute Gasteiger partial charge is 0.254 e. The normalized spacial score (nSPS) is 17.6. The number of nitrogens with zero attached hydrogens (tertiary/aromatic N) is 1. The van der Waals surface area contributed by atoms with Crippen molar-refractivity contribution in [2.75, 3.05) is 26.2 Å². The summed E-state index contributed by atoms with van der Waals surface area (Å²) in [5.74, 6) is -0.0244. The van der Waals surface area contributed by atoms with Gasteiger partial charge in [0.2, 0.25) is 5.91 Å². The number of furan rings is 1. The molecule has 1 aliphatic heterocycles. The summed E-state index contributed by atoms with van der Waals surface area (Å²) in [6, 6.07) is 12.0. The highest BCUT2D eigenvalue weighted by molar-refractivity contribution is 5.96. The first-order valence-electron chi connectivity index (χ1n) is 9.04. The monoisotopic (exact) mass is 355 g/mol. The first-order valence-corrected chi connectivity index (χ1v) is 9.04. The van der Waals surface area contributed by atoms with Gasteiger partial charge in [0.1, 0.15) is 6.26 Å². The van der Waals surface area contributed by atoms with Crippen molar-refractivity contribution in [3.8, 4) is 0 Å². The molecule has 1 unspecified atom stereocenters. The second kappa shape index (κ2) is 9.20. The van der Waals surface area contributed by atoms with E-state index in [-0.39, 0.29) is 18.4 Å². The van der Waals surface area contributed by atoms with Crippen LogP contribution in [0.3, 0.4) is 0 Å². The third kappa shape index (κ3) is 5.46. The summed E-state index contributed by atoms with van der Waals surface area (Å²) in [5.41, 5.74) is 1.74. The van der Waals surface area contributed by atoms with E-state index >= 15 is 0 Å². The average molecular weight is 355 g/mol. The molecule has 2 heterocycles. The maximum Gasteiger partial charge on any atom is 0.254 e. The number of likely N-dealkylation sites (tertiary alicyclic amines) is 1. The Kier molecular flexibility index (Phi) is 6.44. The van der Waals surface area contributed by atoms with Gasteiger partial charge in [-0.3, -0.25) is 14.5 Å². The van der Waals surface area contributed by atoms with Gasteiger partial charge in [-0.15, -0.1) is 0 Å². The summed E-state index contributed by atoms with van der Waals surface area (Å²) >= 11 is 0. The maximum absolute atomic E-state index is 12.0. The van der Waals surface area contributed by atoms with Crippen LogP contribution in [0.2, 0.25) is 0 Å². The number of hydrogen-bond donors (Lipinski definition) is 2. The molecular formula is C20H25N3O3. The van der Waals surface area contributed by atoms with E-state index < -0.39 is 0 Å². The maximum atomic E-state index is 12.0. The number of rotatable bonds is 7. The topological polar surface area (TPSA) is 74.6 Å². The van der Waals surface area contributed by atoms with Gasteiger partial charge >= 0.3 is 0 Å². The highest BCUT2D eigenvalue weighted by Crippen LogP contribution is 2.18. The van der Waals surface area contributed by atoms with Gasteiger partial charge in [-0.2, -0.15) is 0 Å². The largest absolute Gasteiger partial charge is 0.472 e. The predicted octanol–water partition coefficient (Wildman–Crippen LogP) is 2.04. The van der Waals surface area contributed by atoms with Crippen molar-refractivity contribution in [3.05, 3.63) is 60.1 Å². The summed E-state index contributed by atoms with van der Waals surface area (Å²) < 4.78 is 4.86. The molecule has 0 radical (unpaired) electrons. The third-order valence-electron chi connectivity index (χ3n) is 4.63. The lowest BCUT2D eigenvalue weighted by molar-refractivity contribution is -0.120. The van der Waals surface area contributed by atoms with Crippen molar-refractivity contribution >= 4 is 11.8 Å². The molecule has 1 atom stereocenters. The summed E-state index contributed by atoms with van der Waals surface area (Å²) in [7, 11) is 0. The first kappa shape index (κ1) is 18.2. The van der Waals surface area contributed by atoms with E-state index in [1.165, 1.54) is 18.1 Å². The minimum atomic E-state index is -0.305. The van der Waals surface area contributed by atoms with Gasteiger partial charge in [-0.1, -0.05) is 30.3 Å². The lowest BCUT2D eigenvalue weighted by Gasteiger charge is -2.32. The minimum absolute atomic E-state index is 0.0234. The lowest BCUT2D eigenvalue weighted by Crippen LogP contribution is -2.43. The van der Waals surface area contributed by atoms with E-state index in [4.69, 9.17) is 4.42 Å². The van der Waals surface area contributed by atoms with Crippen LogP contribution in [0, 0.1) is 5.92 Å². The number of piperidine rings is 1. The van der Waals surface area contributed by atoms with E-state index in [9.17, 15) is 9.59 Å². The van der Waals surface area contributed by atoms with E-state index in [0.717, 1.165) is 32.5 Å². The highest BCUT2D eigenvalue weighted by atomic mass is 16.3. The van der Waals surface area contributed by atoms with Gasteiger partial charge in [0.05, 0.1) is 18.4 Å². The molecule has 2 amide bonds. The van der Waals surface area contributed by atoms with Crippen LogP contribution in [-0.2, 0) is 11.3 Å². The molecule has 1 aromatic heterocycles. The molecule has 1 aromatic carbocycles. The molecule has 2 N–H and O–H groups in total. The van der Waals surface area contributed by atoms with Crippen LogP contribution < -0.4 is 10.6 Å². The van der Waals surface area contributed by atoms with Crippen LogP contribution >= 0.6 is 0 Å². The molecule has 26 heavy (non-hydrogen) atoms. The van der Waals surface area contributed by atoms with Crippen molar-refractivity contribution in [1.82, 2.24) is 15.5 Å². The van der Waals surface area contributed by atoms with E-state index in [0.29, 0.717) is 18.0 Å². The van der Waals surface area contributed by atoms with Crippen LogP contribution in [0.5, 0.6) is 0 Å². The molecule has 1 aliphatic rings. The van der Waals surface area contributed by atoms with Gasteiger partial charge in [0, 0.05) is 19.6 Å². The van der Waals surface area contributed by atoms with Gasteiger partial charge in [0.15, 0.2) is 0 Å². The Bertz CT molecular complexity index is 700. The summed E-state index contributed by atoms with van der Waals surface area (Å²) in [5, 5.41) is 5.53. The molecule has 6 nitrogen and oxygen atoms in total. The molecular weight excluding hydrogens is 330 g/mol. The zero-order valence-corrected chi connectivity index (χ0v) is 14.8. The van der Waals surface area contributed by atoms with Crippen LogP contribution in [-0.4, -0.2) is 42.9 Å². The quantitative estimate of drug-likeness (QED) is 0.797. The van der Waals surface area contributed by atoms with Crippen LogP contribution in [0.15, 0.2) is 53.3 Å². The number of nitrogens with one attached hydrogen (secondary N) is 2. The Morgan fingerprint density at radius 2 is 2.00 bits per heavy atom. The fourth-order valence-corrected chi connectivity index (χ4v) is 3.28. The van der Waals surface area contributed by atoms with Crippen LogP contribution in [0.25, 0.3) is 0 Å². The Morgan fingerprint density at radius 1 is 1.15 bits per heavy atom. The van der Waals surface area contributed by atoms with Gasteiger partial charge in [-0.05, 0) is 36.9 Å². The van der Waals surface area contributed by atoms with E-state index in [1.807, 2.05) is 6.07 Å². The molecule has 2 aromatic rings. The molecule has 0 saturated carbocycles. The molecule has 6 heteroatoms. The zero-order valence-electron chi connectivity index (χ0n) is 14.8. The Labute approximate surface area is 153 Å².